The van der Waals surface area contributed by atoms with E-state index in [2.05, 4.69) is 5.10 Å². The van der Waals surface area contributed by atoms with E-state index in [1.54, 1.807) is 22.8 Å². The van der Waals surface area contributed by atoms with Crippen LogP contribution in [-0.2, 0) is 11.8 Å². The van der Waals surface area contributed by atoms with E-state index >= 15 is 0 Å². The third-order valence-electron chi connectivity index (χ3n) is 4.81. The van der Waals surface area contributed by atoms with Gasteiger partial charge in [-0.05, 0) is 38.0 Å². The Morgan fingerprint density at radius 2 is 2.33 bits per heavy atom. The summed E-state index contributed by atoms with van der Waals surface area (Å²) in [6.07, 6.45) is 1.98. The molecule has 1 atom stereocenters. The van der Waals surface area contributed by atoms with Crippen LogP contribution in [0.1, 0.15) is 29.0 Å². The molecular weight excluding hydrogens is 364 g/mol. The van der Waals surface area contributed by atoms with Gasteiger partial charge in [0.15, 0.2) is 10.8 Å². The highest BCUT2D eigenvalue weighted by molar-refractivity contribution is 7.22. The summed E-state index contributed by atoms with van der Waals surface area (Å²) in [5.41, 5.74) is 2.11. The van der Waals surface area contributed by atoms with Crippen LogP contribution in [0.25, 0.3) is 10.2 Å². The SMILES string of the molecule is COc1cccc2sc(N(C[C@H]3CCCO3)C(=O)c3cc(C)n(C)n3)nc12. The Labute approximate surface area is 161 Å². The van der Waals surface area contributed by atoms with Crippen molar-refractivity contribution in [2.24, 2.45) is 7.05 Å². The number of anilines is 1. The first-order chi connectivity index (χ1) is 13.1. The highest BCUT2D eigenvalue weighted by Gasteiger charge is 2.28. The average molecular weight is 386 g/mol. The Kier molecular flexibility index (Phi) is 4.84. The van der Waals surface area contributed by atoms with Crippen LogP contribution < -0.4 is 9.64 Å². The van der Waals surface area contributed by atoms with Gasteiger partial charge in [0, 0.05) is 19.3 Å². The predicted octanol–water partition coefficient (Wildman–Crippen LogP) is 3.17. The number of carbonyl (C=O) groups is 1. The number of amides is 1. The summed E-state index contributed by atoms with van der Waals surface area (Å²) in [5.74, 6) is 0.542. The van der Waals surface area contributed by atoms with Crippen molar-refractivity contribution in [3.05, 3.63) is 35.7 Å². The Hall–Kier alpha value is -2.45. The topological polar surface area (TPSA) is 69.5 Å². The minimum absolute atomic E-state index is 0.0210. The second-order valence-corrected chi connectivity index (χ2v) is 7.66. The van der Waals surface area contributed by atoms with Crippen molar-refractivity contribution in [2.75, 3.05) is 25.2 Å². The quantitative estimate of drug-likeness (QED) is 0.674. The van der Waals surface area contributed by atoms with Crippen molar-refractivity contribution in [3.8, 4) is 5.75 Å². The van der Waals surface area contributed by atoms with Gasteiger partial charge in [-0.3, -0.25) is 14.4 Å². The number of nitrogens with zero attached hydrogens (tertiary/aromatic N) is 4. The molecule has 1 amide bonds. The van der Waals surface area contributed by atoms with Crippen LogP contribution in [0.5, 0.6) is 5.75 Å². The molecule has 142 valence electrons. The van der Waals surface area contributed by atoms with E-state index in [4.69, 9.17) is 14.5 Å². The molecule has 0 spiro atoms. The molecule has 3 heterocycles. The van der Waals surface area contributed by atoms with Gasteiger partial charge in [-0.15, -0.1) is 0 Å². The molecule has 1 aliphatic rings. The molecule has 0 unspecified atom stereocenters. The third-order valence-corrected chi connectivity index (χ3v) is 5.85. The molecule has 0 aliphatic carbocycles. The normalized spacial score (nSPS) is 16.8. The Balaban J connectivity index is 1.74. The molecule has 8 heteroatoms. The largest absolute Gasteiger partial charge is 0.494 e. The maximum absolute atomic E-state index is 13.3. The number of hydrogen-bond donors (Lipinski definition) is 0. The summed E-state index contributed by atoms with van der Waals surface area (Å²) in [7, 11) is 3.46. The van der Waals surface area contributed by atoms with Crippen LogP contribution in [0.2, 0.25) is 0 Å². The minimum atomic E-state index is -0.160. The Morgan fingerprint density at radius 3 is 3.00 bits per heavy atom. The fraction of sp³-hybridized carbons (Fsp3) is 0.421. The zero-order valence-electron chi connectivity index (χ0n) is 15.6. The van der Waals surface area contributed by atoms with Gasteiger partial charge in [0.2, 0.25) is 0 Å². The molecule has 0 radical (unpaired) electrons. The highest BCUT2D eigenvalue weighted by Crippen LogP contribution is 2.35. The summed E-state index contributed by atoms with van der Waals surface area (Å²) in [5, 5.41) is 4.99. The maximum Gasteiger partial charge on any atom is 0.280 e. The fourth-order valence-electron chi connectivity index (χ4n) is 3.23. The van der Waals surface area contributed by atoms with Gasteiger partial charge in [0.05, 0.1) is 24.5 Å². The van der Waals surface area contributed by atoms with Crippen molar-refractivity contribution in [1.29, 1.82) is 0 Å². The molecule has 1 fully saturated rings. The highest BCUT2D eigenvalue weighted by atomic mass is 32.1. The summed E-state index contributed by atoms with van der Waals surface area (Å²) < 4.78 is 13.9. The molecule has 0 saturated carbocycles. The number of thiazole rings is 1. The molecule has 1 aromatic carbocycles. The minimum Gasteiger partial charge on any atom is -0.494 e. The number of carbonyl (C=O) groups excluding carboxylic acids is 1. The van der Waals surface area contributed by atoms with Crippen LogP contribution in [0, 0.1) is 6.92 Å². The van der Waals surface area contributed by atoms with E-state index in [0.717, 1.165) is 35.4 Å². The van der Waals surface area contributed by atoms with Gasteiger partial charge in [-0.2, -0.15) is 5.10 Å². The van der Waals surface area contributed by atoms with Gasteiger partial charge in [-0.1, -0.05) is 17.4 Å². The van der Waals surface area contributed by atoms with Crippen LogP contribution in [0.4, 0.5) is 5.13 Å². The standard InChI is InChI=1S/C19H22N4O3S/c1-12-10-14(21-22(12)2)18(24)23(11-13-6-5-9-26-13)19-20-17-15(25-3)7-4-8-16(17)27-19/h4,7-8,10,13H,5-6,9,11H2,1-3H3/t13-/m1/s1. The Morgan fingerprint density at radius 1 is 1.48 bits per heavy atom. The lowest BCUT2D eigenvalue weighted by atomic mass is 10.2. The van der Waals surface area contributed by atoms with Gasteiger partial charge < -0.3 is 9.47 Å². The second-order valence-electron chi connectivity index (χ2n) is 6.65. The maximum atomic E-state index is 13.3. The van der Waals surface area contributed by atoms with E-state index in [1.165, 1.54) is 11.3 Å². The number of benzene rings is 1. The molecule has 1 saturated heterocycles. The molecule has 7 nitrogen and oxygen atoms in total. The lowest BCUT2D eigenvalue weighted by molar-refractivity contribution is 0.0913. The van der Waals surface area contributed by atoms with Crippen LogP contribution >= 0.6 is 11.3 Å². The average Bonchev–Trinajstić information content (AvgIpc) is 3.39. The molecule has 2 aromatic heterocycles. The lowest BCUT2D eigenvalue weighted by Crippen LogP contribution is -2.37. The van der Waals surface area contributed by atoms with Crippen LogP contribution in [0.3, 0.4) is 0 Å². The summed E-state index contributed by atoms with van der Waals surface area (Å²) in [4.78, 5) is 19.7. The first-order valence-electron chi connectivity index (χ1n) is 8.94. The fourth-order valence-corrected chi connectivity index (χ4v) is 4.23. The van der Waals surface area contributed by atoms with Crippen LogP contribution in [-0.4, -0.2) is 47.0 Å². The zero-order valence-corrected chi connectivity index (χ0v) is 16.5. The first-order valence-corrected chi connectivity index (χ1v) is 9.76. The van der Waals surface area contributed by atoms with Gasteiger partial charge in [0.25, 0.3) is 5.91 Å². The lowest BCUT2D eigenvalue weighted by Gasteiger charge is -2.22. The number of aryl methyl sites for hydroxylation is 2. The van der Waals surface area contributed by atoms with Crippen molar-refractivity contribution >= 4 is 32.6 Å². The van der Waals surface area contributed by atoms with Gasteiger partial charge >= 0.3 is 0 Å². The molecule has 27 heavy (non-hydrogen) atoms. The number of aromatic nitrogens is 3. The van der Waals surface area contributed by atoms with Crippen molar-refractivity contribution in [2.45, 2.75) is 25.9 Å². The number of hydrogen-bond acceptors (Lipinski definition) is 6. The number of para-hydroxylation sites is 1. The summed E-state index contributed by atoms with van der Waals surface area (Å²) >= 11 is 1.48. The predicted molar refractivity (Wildman–Crippen MR) is 105 cm³/mol. The van der Waals surface area contributed by atoms with Gasteiger partial charge in [0.1, 0.15) is 11.3 Å². The number of methoxy groups -OCH3 is 1. The van der Waals surface area contributed by atoms with E-state index in [-0.39, 0.29) is 12.0 Å². The number of fused-ring (bicyclic) bond motifs is 1. The van der Waals surface area contributed by atoms with Crippen molar-refractivity contribution < 1.29 is 14.3 Å². The molecular formula is C19H22N4O3S. The van der Waals surface area contributed by atoms with Gasteiger partial charge in [-0.25, -0.2) is 4.98 Å². The van der Waals surface area contributed by atoms with E-state index in [1.807, 2.05) is 32.2 Å². The second kappa shape index (κ2) is 7.28. The zero-order chi connectivity index (χ0) is 19.0. The summed E-state index contributed by atoms with van der Waals surface area (Å²) in [6, 6.07) is 7.59. The van der Waals surface area contributed by atoms with Crippen LogP contribution in [0.15, 0.2) is 24.3 Å². The number of ether oxygens (including phenoxy) is 2. The molecule has 4 rings (SSSR count). The molecule has 0 N–H and O–H groups in total. The molecule has 0 bridgehead atoms. The Bertz CT molecular complexity index is 955. The number of rotatable bonds is 5. The smallest absolute Gasteiger partial charge is 0.280 e. The first kappa shape index (κ1) is 17.9. The van der Waals surface area contributed by atoms with E-state index in [9.17, 15) is 4.79 Å². The van der Waals surface area contributed by atoms with E-state index < -0.39 is 0 Å². The monoisotopic (exact) mass is 386 g/mol. The molecule has 3 aromatic rings. The van der Waals surface area contributed by atoms with E-state index in [0.29, 0.717) is 23.1 Å². The van der Waals surface area contributed by atoms with Crippen molar-refractivity contribution in [1.82, 2.24) is 14.8 Å². The third kappa shape index (κ3) is 3.42. The summed E-state index contributed by atoms with van der Waals surface area (Å²) in [6.45, 7) is 3.14. The van der Waals surface area contributed by atoms with Crippen molar-refractivity contribution in [3.63, 3.8) is 0 Å². The molecule has 1 aliphatic heterocycles.